The Labute approximate surface area is 215 Å². The van der Waals surface area contributed by atoms with Gasteiger partial charge in [-0.25, -0.2) is 4.98 Å². The summed E-state index contributed by atoms with van der Waals surface area (Å²) in [4.78, 5) is 20.8. The molecule has 0 saturated carbocycles. The maximum atomic E-state index is 13.5. The number of hydrogen-bond donors (Lipinski definition) is 1. The van der Waals surface area contributed by atoms with Gasteiger partial charge in [0.15, 0.2) is 0 Å². The number of alkyl halides is 6. The Morgan fingerprint density at radius 2 is 1.66 bits per heavy atom. The van der Waals surface area contributed by atoms with E-state index in [1.807, 2.05) is 30.0 Å². The normalized spacial score (nSPS) is 16.1. The van der Waals surface area contributed by atoms with Crippen LogP contribution in [-0.4, -0.2) is 47.1 Å². The summed E-state index contributed by atoms with van der Waals surface area (Å²) in [6, 6.07) is 10.3. The molecule has 3 aromatic rings. The molecule has 0 bridgehead atoms. The average molecular weight is 538 g/mol. The number of nitrogens with zero attached hydrogens (tertiary/aromatic N) is 3. The number of β-amino-alcohol motifs (C(OH)–C–C–N with tert-alkyl or cyclic N) is 1. The molecular weight excluding hydrogens is 512 g/mol. The van der Waals surface area contributed by atoms with E-state index in [4.69, 9.17) is 0 Å². The topological polar surface area (TPSA) is 56.7 Å². The van der Waals surface area contributed by atoms with Crippen LogP contribution in [0.2, 0.25) is 0 Å². The van der Waals surface area contributed by atoms with Crippen LogP contribution >= 0.6 is 0 Å². The van der Waals surface area contributed by atoms with Crippen molar-refractivity contribution in [1.82, 2.24) is 9.88 Å². The number of rotatable bonds is 5. The van der Waals surface area contributed by atoms with Crippen LogP contribution in [0.1, 0.15) is 39.0 Å². The summed E-state index contributed by atoms with van der Waals surface area (Å²) in [5, 5.41) is 9.92. The first kappa shape index (κ1) is 27.4. The van der Waals surface area contributed by atoms with Crippen molar-refractivity contribution in [2.24, 2.45) is 0 Å². The Hall–Kier alpha value is -3.60. The van der Waals surface area contributed by atoms with Crippen LogP contribution in [0.3, 0.4) is 0 Å². The summed E-state index contributed by atoms with van der Waals surface area (Å²) in [5.74, 6) is -0.0681. The largest absolute Gasteiger partial charge is 0.416 e. The average Bonchev–Trinajstić information content (AvgIpc) is 3.28. The van der Waals surface area contributed by atoms with E-state index < -0.39 is 42.0 Å². The molecule has 2 aromatic carbocycles. The summed E-state index contributed by atoms with van der Waals surface area (Å²) < 4.78 is 79.7. The second-order valence-corrected chi connectivity index (χ2v) is 9.37. The molecule has 1 saturated heterocycles. The molecule has 1 aromatic heterocycles. The lowest BCUT2D eigenvalue weighted by Crippen LogP contribution is -2.28. The van der Waals surface area contributed by atoms with Gasteiger partial charge in [0, 0.05) is 32.9 Å². The highest BCUT2D eigenvalue weighted by molar-refractivity contribution is 6.01. The number of amides is 1. The van der Waals surface area contributed by atoms with Crippen molar-refractivity contribution in [1.29, 1.82) is 0 Å². The summed E-state index contributed by atoms with van der Waals surface area (Å²) in [6.07, 6.45) is -8.55. The molecule has 5 nitrogen and oxygen atoms in total. The van der Waals surface area contributed by atoms with Crippen molar-refractivity contribution in [2.75, 3.05) is 25.0 Å². The van der Waals surface area contributed by atoms with Crippen molar-refractivity contribution in [3.05, 3.63) is 82.5 Å². The lowest BCUT2D eigenvalue weighted by molar-refractivity contribution is -0.143. The Balaban J connectivity index is 1.71. The summed E-state index contributed by atoms with van der Waals surface area (Å²) in [5.41, 5.74) is -0.942. The monoisotopic (exact) mass is 537 g/mol. The van der Waals surface area contributed by atoms with Crippen LogP contribution in [0.4, 0.5) is 32.2 Å². The van der Waals surface area contributed by atoms with Crippen molar-refractivity contribution < 1.29 is 36.2 Å². The van der Waals surface area contributed by atoms with Gasteiger partial charge in [-0.3, -0.25) is 4.79 Å². The van der Waals surface area contributed by atoms with Crippen LogP contribution in [-0.2, 0) is 18.9 Å². The first-order valence-corrected chi connectivity index (χ1v) is 11.8. The van der Waals surface area contributed by atoms with Gasteiger partial charge in [-0.15, -0.1) is 0 Å². The van der Waals surface area contributed by atoms with Crippen LogP contribution in [0.5, 0.6) is 0 Å². The first-order chi connectivity index (χ1) is 17.7. The fourth-order valence-electron chi connectivity index (χ4n) is 4.50. The van der Waals surface area contributed by atoms with Crippen LogP contribution in [0, 0.1) is 6.92 Å². The standard InChI is InChI=1S/C27H25F6N3O2/c1-16-5-3-4-6-21(16)22-12-24(36-8-7-20(37)15-36)34-13-23(22)25(38)35(2)14-17-9-18(26(28,29)30)11-19(10-17)27(31,32)33/h3-6,9-13,20,37H,7-8,14-15H2,1-2H3/t20-/m1/s1. The molecule has 11 heteroatoms. The molecular formula is C27H25F6N3O2. The molecule has 0 radical (unpaired) electrons. The third-order valence-electron chi connectivity index (χ3n) is 6.46. The van der Waals surface area contributed by atoms with Gasteiger partial charge in [-0.1, -0.05) is 24.3 Å². The lowest BCUT2D eigenvalue weighted by Gasteiger charge is -2.23. The van der Waals surface area contributed by atoms with E-state index in [0.29, 0.717) is 43.0 Å². The van der Waals surface area contributed by atoms with Crippen molar-refractivity contribution in [3.63, 3.8) is 0 Å². The number of pyridine rings is 1. The second-order valence-electron chi connectivity index (χ2n) is 9.37. The Kier molecular flexibility index (Phi) is 7.42. The van der Waals surface area contributed by atoms with Crippen molar-refractivity contribution in [2.45, 2.75) is 38.3 Å². The number of aliphatic hydroxyl groups excluding tert-OH is 1. The van der Waals surface area contributed by atoms with Gasteiger partial charge in [0.1, 0.15) is 5.82 Å². The molecule has 1 aliphatic rings. The molecule has 1 aliphatic heterocycles. The predicted octanol–water partition coefficient (Wildman–Crippen LogP) is 5.94. The van der Waals surface area contributed by atoms with Gasteiger partial charge in [-0.2, -0.15) is 26.3 Å². The van der Waals surface area contributed by atoms with Gasteiger partial charge < -0.3 is 14.9 Å². The molecule has 2 heterocycles. The third-order valence-corrected chi connectivity index (χ3v) is 6.46. The number of hydrogen-bond acceptors (Lipinski definition) is 4. The van der Waals surface area contributed by atoms with Crippen molar-refractivity contribution in [3.8, 4) is 11.1 Å². The fraction of sp³-hybridized carbons (Fsp3) is 0.333. The minimum absolute atomic E-state index is 0.0551. The van der Waals surface area contributed by atoms with E-state index in [9.17, 15) is 36.2 Å². The third kappa shape index (κ3) is 5.93. The Morgan fingerprint density at radius 3 is 2.21 bits per heavy atom. The number of carbonyl (C=O) groups is 1. The molecule has 1 N–H and O–H groups in total. The zero-order valence-corrected chi connectivity index (χ0v) is 20.6. The maximum Gasteiger partial charge on any atom is 0.416 e. The second kappa shape index (κ2) is 10.3. The number of carbonyl (C=O) groups excluding carboxylic acids is 1. The smallest absolute Gasteiger partial charge is 0.391 e. The molecule has 0 aliphatic carbocycles. The predicted molar refractivity (Wildman–Crippen MR) is 129 cm³/mol. The minimum atomic E-state index is -4.99. The van der Waals surface area contributed by atoms with Crippen LogP contribution in [0.15, 0.2) is 54.7 Å². The van der Waals surface area contributed by atoms with Crippen molar-refractivity contribution >= 4 is 11.7 Å². The van der Waals surface area contributed by atoms with E-state index in [1.165, 1.54) is 13.2 Å². The SMILES string of the molecule is Cc1ccccc1-c1cc(N2CC[C@@H](O)C2)ncc1C(=O)N(C)Cc1cc(C(F)(F)F)cc(C(F)(F)F)c1. The van der Waals surface area contributed by atoms with Crippen LogP contribution in [0.25, 0.3) is 11.1 Å². The number of aromatic nitrogens is 1. The molecule has 0 unspecified atom stereocenters. The zero-order valence-electron chi connectivity index (χ0n) is 20.6. The summed E-state index contributed by atoms with van der Waals surface area (Å²) >= 11 is 0. The van der Waals surface area contributed by atoms with Gasteiger partial charge in [-0.05, 0) is 59.9 Å². The van der Waals surface area contributed by atoms with Gasteiger partial charge in [0.25, 0.3) is 5.91 Å². The minimum Gasteiger partial charge on any atom is -0.391 e. The number of halogens is 6. The van der Waals surface area contributed by atoms with Gasteiger partial charge >= 0.3 is 12.4 Å². The molecule has 38 heavy (non-hydrogen) atoms. The van der Waals surface area contributed by atoms with E-state index >= 15 is 0 Å². The number of aryl methyl sites for hydroxylation is 1. The van der Waals surface area contributed by atoms with E-state index in [0.717, 1.165) is 16.0 Å². The molecule has 1 atom stereocenters. The maximum absolute atomic E-state index is 13.5. The highest BCUT2D eigenvalue weighted by Crippen LogP contribution is 2.37. The van der Waals surface area contributed by atoms with Crippen LogP contribution < -0.4 is 4.90 Å². The molecule has 202 valence electrons. The molecule has 1 amide bonds. The lowest BCUT2D eigenvalue weighted by atomic mass is 9.96. The van der Waals surface area contributed by atoms with E-state index in [2.05, 4.69) is 4.98 Å². The highest BCUT2D eigenvalue weighted by atomic mass is 19.4. The number of aliphatic hydroxyl groups is 1. The fourth-order valence-corrected chi connectivity index (χ4v) is 4.50. The number of benzene rings is 2. The molecule has 4 rings (SSSR count). The molecule has 0 spiro atoms. The van der Waals surface area contributed by atoms with Gasteiger partial charge in [0.2, 0.25) is 0 Å². The van der Waals surface area contributed by atoms with Gasteiger partial charge in [0.05, 0.1) is 22.8 Å². The quantitative estimate of drug-likeness (QED) is 0.410. The first-order valence-electron chi connectivity index (χ1n) is 11.8. The zero-order chi connectivity index (χ0) is 27.8. The van der Waals surface area contributed by atoms with E-state index in [-0.39, 0.29) is 17.2 Å². The summed E-state index contributed by atoms with van der Waals surface area (Å²) in [7, 11) is 1.31. The number of anilines is 1. The summed E-state index contributed by atoms with van der Waals surface area (Å²) in [6.45, 7) is 2.32. The molecule has 1 fully saturated rings. The Morgan fingerprint density at radius 1 is 1.03 bits per heavy atom. The van der Waals surface area contributed by atoms with E-state index in [1.54, 1.807) is 12.1 Å². The Bertz CT molecular complexity index is 1310. The highest BCUT2D eigenvalue weighted by Gasteiger charge is 2.37.